The Labute approximate surface area is 167 Å². The Balaban J connectivity index is 2.08. The van der Waals surface area contributed by atoms with Crippen LogP contribution in [0.3, 0.4) is 0 Å². The lowest BCUT2D eigenvalue weighted by molar-refractivity contribution is 0.0682. The molecule has 156 valence electrons. The second-order valence-corrected chi connectivity index (χ2v) is 9.00. The van der Waals surface area contributed by atoms with Crippen LogP contribution in [0.2, 0.25) is 0 Å². The molecule has 2 aromatic rings. The van der Waals surface area contributed by atoms with Gasteiger partial charge >= 0.3 is 5.97 Å². The molecule has 1 saturated heterocycles. The molecule has 0 saturated carbocycles. The normalized spacial score (nSPS) is 22.1. The van der Waals surface area contributed by atoms with Crippen LogP contribution in [-0.2, 0) is 0 Å². The quantitative estimate of drug-likeness (QED) is 0.786. The summed E-state index contributed by atoms with van der Waals surface area (Å²) in [6.07, 6.45) is 1.27. The van der Waals surface area contributed by atoms with E-state index in [1.807, 2.05) is 18.7 Å². The number of carbonyl (C=O) groups is 1. The van der Waals surface area contributed by atoms with Crippen molar-refractivity contribution >= 4 is 22.6 Å². The van der Waals surface area contributed by atoms with Crippen molar-refractivity contribution in [3.05, 3.63) is 33.9 Å². The lowest BCUT2D eigenvalue weighted by Gasteiger charge is -2.44. The van der Waals surface area contributed by atoms with Gasteiger partial charge in [-0.05, 0) is 25.3 Å². The fourth-order valence-electron chi connectivity index (χ4n) is 4.08. The number of halogens is 1. The predicted octanol–water partition coefficient (Wildman–Crippen LogP) is 1.71. The third-order valence-electron chi connectivity index (χ3n) is 6.17. The van der Waals surface area contributed by atoms with E-state index >= 15 is 4.39 Å². The van der Waals surface area contributed by atoms with E-state index in [2.05, 4.69) is 0 Å². The van der Waals surface area contributed by atoms with Crippen LogP contribution in [0.1, 0.15) is 38.1 Å². The lowest BCUT2D eigenvalue weighted by atomic mass is 9.89. The van der Waals surface area contributed by atoms with E-state index in [0.29, 0.717) is 18.6 Å². The Morgan fingerprint density at radius 1 is 1.34 bits per heavy atom. The molecule has 9 heteroatoms. The molecule has 8 nitrogen and oxygen atoms in total. The zero-order chi connectivity index (χ0) is 21.5. The Bertz CT molecular complexity index is 1110. The van der Waals surface area contributed by atoms with Crippen LogP contribution in [-0.4, -0.2) is 47.7 Å². The zero-order valence-electron chi connectivity index (χ0n) is 17.1. The summed E-state index contributed by atoms with van der Waals surface area (Å²) in [6.45, 7) is 8.59. The maximum Gasteiger partial charge on any atom is 0.341 e. The Hall–Kier alpha value is -2.81. The van der Waals surface area contributed by atoms with Crippen molar-refractivity contribution in [2.24, 2.45) is 11.1 Å². The highest BCUT2D eigenvalue weighted by Crippen LogP contribution is 2.45. The Morgan fingerprint density at radius 2 is 2.00 bits per heavy atom. The number of aromatic carboxylic acids is 1. The minimum atomic E-state index is -1.36. The van der Waals surface area contributed by atoms with Crippen LogP contribution in [0, 0.1) is 11.2 Å². The third kappa shape index (κ3) is 2.67. The van der Waals surface area contributed by atoms with Crippen molar-refractivity contribution in [1.82, 2.24) is 4.68 Å². The second-order valence-electron chi connectivity index (χ2n) is 9.00. The standard InChI is InChI=1S/C20H25FN4O4/c1-19(2)9-24(8-13(19)22)15-12(21)6-10-14-17(15)29-20(3,4)23(5)25(14)7-11(16(10)26)18(27)28/h6-7,13H,8-9,22H2,1-5H3,(H,27,28)/t13-/m0/s1. The molecule has 0 radical (unpaired) electrons. The molecule has 3 heterocycles. The molecule has 1 atom stereocenters. The summed E-state index contributed by atoms with van der Waals surface area (Å²) in [5, 5.41) is 11.1. The van der Waals surface area contributed by atoms with Crippen LogP contribution >= 0.6 is 0 Å². The maximum atomic E-state index is 15.3. The van der Waals surface area contributed by atoms with Gasteiger partial charge in [-0.1, -0.05) is 13.8 Å². The molecule has 0 bridgehead atoms. The molecule has 2 aliphatic rings. The van der Waals surface area contributed by atoms with Crippen molar-refractivity contribution < 1.29 is 19.0 Å². The fraction of sp³-hybridized carbons (Fsp3) is 0.500. The van der Waals surface area contributed by atoms with Gasteiger partial charge in [-0.3, -0.25) is 14.5 Å². The van der Waals surface area contributed by atoms with Crippen molar-refractivity contribution in [3.8, 4) is 5.75 Å². The Kier molecular flexibility index (Phi) is 3.94. The van der Waals surface area contributed by atoms with Crippen LogP contribution in [0.15, 0.2) is 17.1 Å². The number of hydrogen-bond acceptors (Lipinski definition) is 6. The van der Waals surface area contributed by atoms with Crippen LogP contribution in [0.5, 0.6) is 5.75 Å². The van der Waals surface area contributed by atoms with Crippen molar-refractivity contribution in [3.63, 3.8) is 0 Å². The molecule has 0 amide bonds. The van der Waals surface area contributed by atoms with Crippen LogP contribution in [0.25, 0.3) is 10.9 Å². The van der Waals surface area contributed by atoms with Gasteiger partial charge in [0.1, 0.15) is 16.8 Å². The first-order valence-electron chi connectivity index (χ1n) is 9.44. The highest BCUT2D eigenvalue weighted by atomic mass is 19.1. The van der Waals surface area contributed by atoms with E-state index in [4.69, 9.17) is 10.5 Å². The molecule has 0 aliphatic carbocycles. The van der Waals surface area contributed by atoms with E-state index in [1.165, 1.54) is 6.20 Å². The van der Waals surface area contributed by atoms with Gasteiger partial charge in [-0.2, -0.15) is 0 Å². The summed E-state index contributed by atoms with van der Waals surface area (Å²) in [6, 6.07) is 0.951. The highest BCUT2D eigenvalue weighted by molar-refractivity contribution is 5.97. The molecule has 2 aliphatic heterocycles. The zero-order valence-corrected chi connectivity index (χ0v) is 17.1. The Morgan fingerprint density at radius 3 is 2.55 bits per heavy atom. The van der Waals surface area contributed by atoms with Gasteiger partial charge in [-0.25, -0.2) is 9.18 Å². The van der Waals surface area contributed by atoms with Gasteiger partial charge < -0.3 is 20.5 Å². The van der Waals surface area contributed by atoms with Crippen molar-refractivity contribution in [2.75, 3.05) is 30.0 Å². The summed E-state index contributed by atoms with van der Waals surface area (Å²) >= 11 is 0. The van der Waals surface area contributed by atoms with E-state index < -0.39 is 28.5 Å². The molecular weight excluding hydrogens is 379 g/mol. The monoisotopic (exact) mass is 404 g/mol. The summed E-state index contributed by atoms with van der Waals surface area (Å²) in [4.78, 5) is 26.2. The van der Waals surface area contributed by atoms with Crippen LogP contribution < -0.4 is 25.8 Å². The first-order chi connectivity index (χ1) is 13.3. The number of nitrogens with zero attached hydrogens (tertiary/aromatic N) is 3. The van der Waals surface area contributed by atoms with Gasteiger partial charge in [0.05, 0.1) is 5.39 Å². The molecule has 1 aromatic heterocycles. The number of nitrogens with two attached hydrogens (primary N) is 1. The van der Waals surface area contributed by atoms with Gasteiger partial charge in [0.25, 0.3) is 0 Å². The average molecular weight is 404 g/mol. The number of pyridine rings is 1. The van der Waals surface area contributed by atoms with Crippen LogP contribution in [0.4, 0.5) is 10.1 Å². The lowest BCUT2D eigenvalue weighted by Crippen LogP contribution is -2.55. The first-order valence-corrected chi connectivity index (χ1v) is 9.44. The minimum Gasteiger partial charge on any atom is -0.477 e. The third-order valence-corrected chi connectivity index (χ3v) is 6.17. The summed E-state index contributed by atoms with van der Waals surface area (Å²) < 4.78 is 23.1. The van der Waals surface area contributed by atoms with Gasteiger partial charge in [-0.15, -0.1) is 0 Å². The molecule has 1 fully saturated rings. The van der Waals surface area contributed by atoms with E-state index in [1.54, 1.807) is 30.6 Å². The SMILES string of the molecule is CN1n2cc(C(=O)O)c(=O)c3cc(F)c(N4C[C@H](N)C(C)(C)C4)c(c32)OC1(C)C. The van der Waals surface area contributed by atoms with Gasteiger partial charge in [0, 0.05) is 32.4 Å². The van der Waals surface area contributed by atoms with E-state index in [-0.39, 0.29) is 28.3 Å². The van der Waals surface area contributed by atoms with Crippen molar-refractivity contribution in [2.45, 2.75) is 39.5 Å². The molecule has 1 aromatic carbocycles. The predicted molar refractivity (Wildman–Crippen MR) is 108 cm³/mol. The molecule has 29 heavy (non-hydrogen) atoms. The highest BCUT2D eigenvalue weighted by Gasteiger charge is 2.42. The summed E-state index contributed by atoms with van der Waals surface area (Å²) in [5.74, 6) is -1.78. The molecule has 3 N–H and O–H groups in total. The van der Waals surface area contributed by atoms with Gasteiger partial charge in [0.15, 0.2) is 17.3 Å². The molecule has 0 spiro atoms. The van der Waals surface area contributed by atoms with E-state index in [9.17, 15) is 14.7 Å². The average Bonchev–Trinajstić information content (AvgIpc) is 2.86. The topological polar surface area (TPSA) is 101 Å². The number of carboxylic acids is 1. The second kappa shape index (κ2) is 5.85. The van der Waals surface area contributed by atoms with Gasteiger partial charge in [0.2, 0.25) is 5.43 Å². The first kappa shape index (κ1) is 19.5. The maximum absolute atomic E-state index is 15.3. The number of hydrogen-bond donors (Lipinski definition) is 2. The molecular formula is C20H25FN4O4. The molecule has 4 rings (SSSR count). The minimum absolute atomic E-state index is 0.0359. The summed E-state index contributed by atoms with van der Waals surface area (Å²) in [7, 11) is 1.72. The number of ether oxygens (including phenoxy) is 1. The molecule has 0 unspecified atom stereocenters. The number of rotatable bonds is 2. The van der Waals surface area contributed by atoms with Crippen molar-refractivity contribution in [1.29, 1.82) is 0 Å². The largest absolute Gasteiger partial charge is 0.477 e. The number of benzene rings is 1. The number of carboxylic acid groups (broad SMARTS) is 1. The van der Waals surface area contributed by atoms with E-state index in [0.717, 1.165) is 6.07 Å². The summed E-state index contributed by atoms with van der Waals surface area (Å²) in [5.41, 5.74) is 4.54. The number of aromatic nitrogens is 1. The smallest absolute Gasteiger partial charge is 0.341 e. The number of anilines is 1. The fourth-order valence-corrected chi connectivity index (χ4v) is 4.08.